The molecule has 0 radical (unpaired) electrons. The van der Waals surface area contributed by atoms with Gasteiger partial charge in [0.1, 0.15) is 5.82 Å². The van der Waals surface area contributed by atoms with Crippen LogP contribution in [-0.4, -0.2) is 14.6 Å². The maximum Gasteiger partial charge on any atom is 0.271 e. The van der Waals surface area contributed by atoms with E-state index in [0.29, 0.717) is 5.65 Å². The van der Waals surface area contributed by atoms with E-state index >= 15 is 0 Å². The number of fused-ring (bicyclic) bond motifs is 1. The molecule has 0 spiro atoms. The first kappa shape index (κ1) is 8.04. The van der Waals surface area contributed by atoms with Crippen molar-refractivity contribution >= 4 is 5.65 Å². The number of aromatic nitrogens is 3. The van der Waals surface area contributed by atoms with Crippen molar-refractivity contribution in [2.24, 2.45) is 0 Å². The molecule has 2 heterocycles. The lowest BCUT2D eigenvalue weighted by atomic mass is 10.2. The van der Waals surface area contributed by atoms with Gasteiger partial charge in [0.05, 0.1) is 0 Å². The van der Waals surface area contributed by atoms with Crippen LogP contribution in [0.3, 0.4) is 0 Å². The summed E-state index contributed by atoms with van der Waals surface area (Å²) in [6, 6.07) is 3.55. The van der Waals surface area contributed by atoms with Crippen LogP contribution in [0.15, 0.2) is 16.9 Å². The molecule has 0 fully saturated rings. The van der Waals surface area contributed by atoms with Crippen molar-refractivity contribution in [1.82, 2.24) is 14.6 Å². The second kappa shape index (κ2) is 2.73. The summed E-state index contributed by atoms with van der Waals surface area (Å²) in [6.07, 6.45) is 0.859. The van der Waals surface area contributed by atoms with Crippen LogP contribution in [0.2, 0.25) is 0 Å². The molecule has 4 heteroatoms. The maximum atomic E-state index is 11.5. The molecule has 2 rings (SSSR count). The Bertz CT molecular complexity index is 495. The highest BCUT2D eigenvalue weighted by molar-refractivity contribution is 5.40. The molecular formula is C9H11N3O. The van der Waals surface area contributed by atoms with Crippen LogP contribution in [0.25, 0.3) is 5.65 Å². The fourth-order valence-electron chi connectivity index (χ4n) is 1.37. The van der Waals surface area contributed by atoms with E-state index in [2.05, 4.69) is 10.1 Å². The van der Waals surface area contributed by atoms with Crippen molar-refractivity contribution in [3.63, 3.8) is 0 Å². The topological polar surface area (TPSA) is 50.2 Å². The third kappa shape index (κ3) is 1.24. The van der Waals surface area contributed by atoms with E-state index in [1.165, 1.54) is 4.52 Å². The average molecular weight is 177 g/mol. The van der Waals surface area contributed by atoms with Gasteiger partial charge in [0.2, 0.25) is 0 Å². The molecule has 0 aromatic carbocycles. The molecule has 0 amide bonds. The highest BCUT2D eigenvalue weighted by Gasteiger charge is 2.02. The minimum absolute atomic E-state index is 0.0463. The number of nitrogens with one attached hydrogen (secondary N) is 1. The van der Waals surface area contributed by atoms with E-state index in [9.17, 15) is 4.79 Å². The van der Waals surface area contributed by atoms with Gasteiger partial charge in [-0.2, -0.15) is 0 Å². The molecule has 68 valence electrons. The van der Waals surface area contributed by atoms with Gasteiger partial charge in [-0.25, -0.2) is 9.50 Å². The molecule has 2 aromatic rings. The molecule has 0 aliphatic heterocycles. The SMILES string of the molecule is CCc1cc(=O)n2[nH]c(C)nc2c1. The third-order valence-corrected chi connectivity index (χ3v) is 2.04. The van der Waals surface area contributed by atoms with E-state index in [1.54, 1.807) is 6.07 Å². The smallest absolute Gasteiger partial charge is 0.271 e. The number of aryl methyl sites for hydroxylation is 2. The summed E-state index contributed by atoms with van der Waals surface area (Å²) < 4.78 is 1.45. The number of rotatable bonds is 1. The van der Waals surface area contributed by atoms with E-state index in [0.717, 1.165) is 17.8 Å². The number of H-pyrrole nitrogens is 1. The van der Waals surface area contributed by atoms with Crippen LogP contribution in [-0.2, 0) is 6.42 Å². The van der Waals surface area contributed by atoms with Crippen LogP contribution in [0.4, 0.5) is 0 Å². The van der Waals surface area contributed by atoms with Crippen molar-refractivity contribution in [2.45, 2.75) is 20.3 Å². The zero-order valence-corrected chi connectivity index (χ0v) is 7.66. The van der Waals surface area contributed by atoms with Crippen molar-refractivity contribution in [2.75, 3.05) is 0 Å². The Morgan fingerprint density at radius 2 is 2.31 bits per heavy atom. The molecular weight excluding hydrogens is 166 g/mol. The van der Waals surface area contributed by atoms with E-state index in [4.69, 9.17) is 0 Å². The van der Waals surface area contributed by atoms with Crippen molar-refractivity contribution in [3.05, 3.63) is 33.9 Å². The van der Waals surface area contributed by atoms with Crippen LogP contribution in [0, 0.1) is 6.92 Å². The largest absolute Gasteiger partial charge is 0.277 e. The molecule has 1 N–H and O–H groups in total. The summed E-state index contributed by atoms with van der Waals surface area (Å²) >= 11 is 0. The first-order valence-electron chi connectivity index (χ1n) is 4.29. The number of nitrogens with zero attached hydrogens (tertiary/aromatic N) is 2. The van der Waals surface area contributed by atoms with Crippen LogP contribution >= 0.6 is 0 Å². The van der Waals surface area contributed by atoms with Gasteiger partial charge in [-0.1, -0.05) is 6.92 Å². The lowest BCUT2D eigenvalue weighted by molar-refractivity contribution is 0.889. The van der Waals surface area contributed by atoms with Gasteiger partial charge in [0.25, 0.3) is 5.56 Å². The average Bonchev–Trinajstić information content (AvgIpc) is 2.46. The lowest BCUT2D eigenvalue weighted by Crippen LogP contribution is -2.13. The normalized spacial score (nSPS) is 10.9. The Hall–Kier alpha value is -1.58. The summed E-state index contributed by atoms with van der Waals surface area (Å²) in [5.41, 5.74) is 1.67. The molecule has 0 aliphatic rings. The van der Waals surface area contributed by atoms with Crippen molar-refractivity contribution in [1.29, 1.82) is 0 Å². The van der Waals surface area contributed by atoms with Gasteiger partial charge in [-0.15, -0.1) is 0 Å². The van der Waals surface area contributed by atoms with Gasteiger partial charge in [0, 0.05) is 6.07 Å². The molecule has 2 aromatic heterocycles. The highest BCUT2D eigenvalue weighted by atomic mass is 16.1. The molecule has 0 saturated carbocycles. The zero-order valence-electron chi connectivity index (χ0n) is 7.66. The number of hydrogen-bond acceptors (Lipinski definition) is 2. The first-order chi connectivity index (χ1) is 6.20. The Labute approximate surface area is 75.2 Å². The number of aromatic amines is 1. The number of pyridine rings is 1. The van der Waals surface area contributed by atoms with E-state index in [1.807, 2.05) is 19.9 Å². The van der Waals surface area contributed by atoms with Gasteiger partial charge >= 0.3 is 0 Å². The molecule has 0 aliphatic carbocycles. The minimum atomic E-state index is -0.0463. The van der Waals surface area contributed by atoms with Gasteiger partial charge in [-0.3, -0.25) is 9.89 Å². The van der Waals surface area contributed by atoms with Gasteiger partial charge < -0.3 is 0 Å². The minimum Gasteiger partial charge on any atom is -0.277 e. The fourth-order valence-corrected chi connectivity index (χ4v) is 1.37. The van der Waals surface area contributed by atoms with Gasteiger partial charge in [-0.05, 0) is 25.0 Å². The van der Waals surface area contributed by atoms with E-state index in [-0.39, 0.29) is 5.56 Å². The maximum absolute atomic E-state index is 11.5. The zero-order chi connectivity index (χ0) is 9.42. The fraction of sp³-hybridized carbons (Fsp3) is 0.333. The Morgan fingerprint density at radius 3 is 3.00 bits per heavy atom. The quantitative estimate of drug-likeness (QED) is 0.703. The predicted molar refractivity (Wildman–Crippen MR) is 49.9 cm³/mol. The number of hydrogen-bond donors (Lipinski definition) is 1. The molecule has 13 heavy (non-hydrogen) atoms. The Balaban J connectivity index is 2.83. The van der Waals surface area contributed by atoms with Crippen LogP contribution in [0.1, 0.15) is 18.3 Å². The first-order valence-corrected chi connectivity index (χ1v) is 4.29. The predicted octanol–water partition coefficient (Wildman–Crippen LogP) is 0.893. The monoisotopic (exact) mass is 177 g/mol. The third-order valence-electron chi connectivity index (χ3n) is 2.04. The molecule has 0 bridgehead atoms. The molecule has 0 saturated heterocycles. The second-order valence-electron chi connectivity index (χ2n) is 3.06. The summed E-state index contributed by atoms with van der Waals surface area (Å²) in [5.74, 6) is 0.755. The Kier molecular flexibility index (Phi) is 1.69. The molecule has 0 unspecified atom stereocenters. The standard InChI is InChI=1S/C9H11N3O/c1-3-7-4-8-10-6(2)11-12(8)9(13)5-7/h4-5H,3H2,1-2H3,(H,10,11). The van der Waals surface area contributed by atoms with E-state index < -0.39 is 0 Å². The molecule has 4 nitrogen and oxygen atoms in total. The highest BCUT2D eigenvalue weighted by Crippen LogP contribution is 2.02. The second-order valence-corrected chi connectivity index (χ2v) is 3.06. The Morgan fingerprint density at radius 1 is 1.54 bits per heavy atom. The molecule has 0 atom stereocenters. The summed E-state index contributed by atoms with van der Waals surface area (Å²) in [7, 11) is 0. The van der Waals surface area contributed by atoms with Crippen LogP contribution in [0.5, 0.6) is 0 Å². The summed E-state index contributed by atoms with van der Waals surface area (Å²) in [4.78, 5) is 15.7. The van der Waals surface area contributed by atoms with Crippen LogP contribution < -0.4 is 5.56 Å². The lowest BCUT2D eigenvalue weighted by Gasteiger charge is -1.94. The van der Waals surface area contributed by atoms with Crippen molar-refractivity contribution in [3.8, 4) is 0 Å². The summed E-state index contributed by atoms with van der Waals surface area (Å²) in [6.45, 7) is 3.85. The summed E-state index contributed by atoms with van der Waals surface area (Å²) in [5, 5.41) is 2.87. The van der Waals surface area contributed by atoms with Gasteiger partial charge in [0.15, 0.2) is 5.65 Å². The van der Waals surface area contributed by atoms with Crippen molar-refractivity contribution < 1.29 is 0 Å².